The molecule has 6 heteroatoms. The minimum atomic E-state index is -0.467. The summed E-state index contributed by atoms with van der Waals surface area (Å²) in [5, 5.41) is 5.03. The Morgan fingerprint density at radius 1 is 1.10 bits per heavy atom. The first kappa shape index (κ1) is 19.2. The zero-order chi connectivity index (χ0) is 20.4. The van der Waals surface area contributed by atoms with Gasteiger partial charge in [0.2, 0.25) is 5.91 Å². The molecule has 3 aromatic rings. The lowest BCUT2D eigenvalue weighted by atomic mass is 9.81. The Kier molecular flexibility index (Phi) is 5.36. The van der Waals surface area contributed by atoms with Crippen molar-refractivity contribution in [2.45, 2.75) is 18.5 Å². The lowest BCUT2D eigenvalue weighted by Crippen LogP contribution is -2.45. The number of ether oxygens (including phenoxy) is 1. The Labute approximate surface area is 173 Å². The quantitative estimate of drug-likeness (QED) is 0.697. The second kappa shape index (κ2) is 8.09. The number of nitrogens with zero attached hydrogens (tertiary/aromatic N) is 1. The fraction of sp³-hybridized carbons (Fsp3) is 0.217. The minimum absolute atomic E-state index is 0.0572. The summed E-state index contributed by atoms with van der Waals surface area (Å²) in [6, 6.07) is 18.6. The third kappa shape index (κ3) is 3.63. The summed E-state index contributed by atoms with van der Waals surface area (Å²) in [6.07, 6.45) is 0. The molecule has 0 radical (unpaired) electrons. The summed E-state index contributed by atoms with van der Waals surface area (Å²) in [5.74, 6) is 0.161. The van der Waals surface area contributed by atoms with Crippen LogP contribution in [0.1, 0.15) is 38.3 Å². The summed E-state index contributed by atoms with van der Waals surface area (Å²) in [7, 11) is 3.40. The van der Waals surface area contributed by atoms with Gasteiger partial charge in [-0.2, -0.15) is 0 Å². The highest BCUT2D eigenvalue weighted by Crippen LogP contribution is 2.43. The molecule has 4 rings (SSSR count). The average Bonchev–Trinajstić information content (AvgIpc) is 3.29. The van der Waals surface area contributed by atoms with Gasteiger partial charge in [-0.3, -0.25) is 9.59 Å². The number of thiophene rings is 1. The van der Waals surface area contributed by atoms with Crippen molar-refractivity contribution in [1.82, 2.24) is 10.2 Å². The number of hydrogen-bond donors (Lipinski definition) is 1. The van der Waals surface area contributed by atoms with Gasteiger partial charge in [0.25, 0.3) is 5.91 Å². The summed E-state index contributed by atoms with van der Waals surface area (Å²) < 4.78 is 5.18. The first-order chi connectivity index (χ1) is 14.1. The number of nitrogens with one attached hydrogen (secondary N) is 1. The predicted octanol–water partition coefficient (Wildman–Crippen LogP) is 3.98. The van der Waals surface area contributed by atoms with E-state index in [9.17, 15) is 9.59 Å². The second-order valence-corrected chi connectivity index (χ2v) is 7.99. The first-order valence-electron chi connectivity index (χ1n) is 9.40. The molecule has 29 heavy (non-hydrogen) atoms. The van der Waals surface area contributed by atoms with Crippen molar-refractivity contribution in [3.63, 3.8) is 0 Å². The Bertz CT molecular complexity index is 1010. The highest BCUT2D eigenvalue weighted by molar-refractivity contribution is 7.10. The standard InChI is InChI=1S/C23H22N2O3S/c1-25-21(19-8-5-13-29-19)20(17-6-3-4-7-18(17)23(25)27)22(26)24-14-15-9-11-16(28-2)12-10-15/h3-13,20-21H,14H2,1-2H3,(H,24,26)/t20-,21-/m1/s1. The number of methoxy groups -OCH3 is 1. The summed E-state index contributed by atoms with van der Waals surface area (Å²) in [6.45, 7) is 0.413. The first-order valence-corrected chi connectivity index (χ1v) is 10.3. The van der Waals surface area contributed by atoms with Crippen molar-refractivity contribution in [1.29, 1.82) is 0 Å². The van der Waals surface area contributed by atoms with Crippen molar-refractivity contribution in [3.05, 3.63) is 87.6 Å². The molecule has 2 aromatic carbocycles. The maximum Gasteiger partial charge on any atom is 0.254 e. The van der Waals surface area contributed by atoms with Gasteiger partial charge in [0.05, 0.1) is 19.1 Å². The molecule has 1 N–H and O–H groups in total. The third-order valence-corrected chi connectivity index (χ3v) is 6.27. The normalized spacial score (nSPS) is 18.3. The van der Waals surface area contributed by atoms with Crippen molar-refractivity contribution < 1.29 is 14.3 Å². The molecular weight excluding hydrogens is 384 g/mol. The lowest BCUT2D eigenvalue weighted by Gasteiger charge is -2.39. The van der Waals surface area contributed by atoms with Gasteiger partial charge in [0.15, 0.2) is 0 Å². The van der Waals surface area contributed by atoms with Crippen molar-refractivity contribution in [3.8, 4) is 5.75 Å². The van der Waals surface area contributed by atoms with E-state index < -0.39 is 5.92 Å². The van der Waals surface area contributed by atoms with Gasteiger partial charge in [0, 0.05) is 24.0 Å². The van der Waals surface area contributed by atoms with E-state index in [0.717, 1.165) is 21.8 Å². The fourth-order valence-electron chi connectivity index (χ4n) is 3.81. The molecule has 0 saturated heterocycles. The molecule has 0 saturated carbocycles. The summed E-state index contributed by atoms with van der Waals surface area (Å²) in [5.41, 5.74) is 2.36. The molecule has 1 aliphatic rings. The summed E-state index contributed by atoms with van der Waals surface area (Å²) >= 11 is 1.56. The number of rotatable bonds is 5. The van der Waals surface area contributed by atoms with Gasteiger partial charge in [0.1, 0.15) is 5.75 Å². The minimum Gasteiger partial charge on any atom is -0.497 e. The van der Waals surface area contributed by atoms with Crippen molar-refractivity contribution in [2.24, 2.45) is 0 Å². The highest BCUT2D eigenvalue weighted by atomic mass is 32.1. The van der Waals surface area contributed by atoms with Crippen LogP contribution < -0.4 is 10.1 Å². The van der Waals surface area contributed by atoms with Gasteiger partial charge in [-0.05, 0) is 40.8 Å². The predicted molar refractivity (Wildman–Crippen MR) is 113 cm³/mol. The van der Waals surface area contributed by atoms with E-state index in [-0.39, 0.29) is 17.9 Å². The van der Waals surface area contributed by atoms with Gasteiger partial charge in [-0.15, -0.1) is 11.3 Å². The summed E-state index contributed by atoms with van der Waals surface area (Å²) in [4.78, 5) is 28.9. The van der Waals surface area contributed by atoms with Gasteiger partial charge in [-0.1, -0.05) is 36.4 Å². The number of amides is 2. The van der Waals surface area contributed by atoms with Crippen LogP contribution in [0.5, 0.6) is 5.75 Å². The highest BCUT2D eigenvalue weighted by Gasteiger charge is 2.42. The van der Waals surface area contributed by atoms with Gasteiger partial charge in [-0.25, -0.2) is 0 Å². The third-order valence-electron chi connectivity index (χ3n) is 5.32. The molecular formula is C23H22N2O3S. The largest absolute Gasteiger partial charge is 0.497 e. The Morgan fingerprint density at radius 3 is 2.55 bits per heavy atom. The zero-order valence-corrected chi connectivity index (χ0v) is 17.1. The van der Waals surface area contributed by atoms with E-state index >= 15 is 0 Å². The van der Waals surface area contributed by atoms with Crippen LogP contribution in [0.25, 0.3) is 0 Å². The molecule has 1 aliphatic heterocycles. The van der Waals surface area contributed by atoms with E-state index in [1.54, 1.807) is 36.5 Å². The van der Waals surface area contributed by atoms with E-state index in [1.165, 1.54) is 0 Å². The van der Waals surface area contributed by atoms with Crippen LogP contribution >= 0.6 is 11.3 Å². The molecule has 148 valence electrons. The molecule has 0 fully saturated rings. The van der Waals surface area contributed by atoms with E-state index in [0.29, 0.717) is 12.1 Å². The number of hydrogen-bond acceptors (Lipinski definition) is 4. The Morgan fingerprint density at radius 2 is 1.86 bits per heavy atom. The molecule has 0 aliphatic carbocycles. The lowest BCUT2D eigenvalue weighted by molar-refractivity contribution is -0.124. The number of carbonyl (C=O) groups excluding carboxylic acids is 2. The van der Waals surface area contributed by atoms with Crippen molar-refractivity contribution in [2.75, 3.05) is 14.2 Å². The monoisotopic (exact) mass is 406 g/mol. The fourth-order valence-corrected chi connectivity index (χ4v) is 4.72. The van der Waals surface area contributed by atoms with Crippen LogP contribution in [-0.2, 0) is 11.3 Å². The maximum atomic E-state index is 13.3. The smallest absolute Gasteiger partial charge is 0.254 e. The zero-order valence-electron chi connectivity index (χ0n) is 16.3. The van der Waals surface area contributed by atoms with E-state index in [4.69, 9.17) is 4.74 Å². The van der Waals surface area contributed by atoms with Crippen LogP contribution in [0.15, 0.2) is 66.0 Å². The second-order valence-electron chi connectivity index (χ2n) is 7.01. The number of benzene rings is 2. The van der Waals surface area contributed by atoms with Crippen LogP contribution in [0.3, 0.4) is 0 Å². The molecule has 2 atom stereocenters. The van der Waals surface area contributed by atoms with Crippen LogP contribution in [0.2, 0.25) is 0 Å². The molecule has 2 amide bonds. The number of likely N-dealkylation sites (N-methyl/N-ethyl adjacent to an activating group) is 1. The van der Waals surface area contributed by atoms with Gasteiger partial charge < -0.3 is 15.0 Å². The number of carbonyl (C=O) groups is 2. The topological polar surface area (TPSA) is 58.6 Å². The molecule has 0 spiro atoms. The van der Waals surface area contributed by atoms with Gasteiger partial charge >= 0.3 is 0 Å². The van der Waals surface area contributed by atoms with E-state index in [2.05, 4.69) is 5.32 Å². The molecule has 5 nitrogen and oxygen atoms in total. The molecule has 0 unspecified atom stereocenters. The van der Waals surface area contributed by atoms with Crippen LogP contribution in [0.4, 0.5) is 0 Å². The molecule has 2 heterocycles. The Balaban J connectivity index is 1.64. The Hall–Kier alpha value is -3.12. The molecule has 0 bridgehead atoms. The van der Waals surface area contributed by atoms with E-state index in [1.807, 2.05) is 60.0 Å². The SMILES string of the molecule is COc1ccc(CNC(=O)[C@@H]2c3ccccc3C(=O)N(C)[C@@H]2c2cccs2)cc1. The molecule has 1 aromatic heterocycles. The van der Waals surface area contributed by atoms with Crippen molar-refractivity contribution >= 4 is 23.2 Å². The number of fused-ring (bicyclic) bond motifs is 1. The van der Waals surface area contributed by atoms with Crippen LogP contribution in [-0.4, -0.2) is 30.9 Å². The van der Waals surface area contributed by atoms with Crippen LogP contribution in [0, 0.1) is 0 Å². The average molecular weight is 407 g/mol. The maximum absolute atomic E-state index is 13.3.